The topological polar surface area (TPSA) is 108 Å². The van der Waals surface area contributed by atoms with Gasteiger partial charge in [0.05, 0.1) is 30.2 Å². The minimum atomic E-state index is -4.84. The Balaban J connectivity index is 1.08. The van der Waals surface area contributed by atoms with E-state index in [0.717, 1.165) is 28.5 Å². The molecule has 8 nitrogen and oxygen atoms in total. The fraction of sp³-hybridized carbons (Fsp3) is 0.447. The van der Waals surface area contributed by atoms with Gasteiger partial charge in [0, 0.05) is 38.8 Å². The van der Waals surface area contributed by atoms with Crippen LogP contribution in [0.4, 0.5) is 23.7 Å². The van der Waals surface area contributed by atoms with E-state index in [9.17, 15) is 28.2 Å². The Morgan fingerprint density at radius 2 is 1.58 bits per heavy atom. The maximum Gasteiger partial charge on any atom is 0.573 e. The van der Waals surface area contributed by atoms with Gasteiger partial charge in [0.25, 0.3) is 0 Å². The predicted octanol–water partition coefficient (Wildman–Crippen LogP) is 10.3. The minimum Gasteiger partial charge on any atom is -0.497 e. The Bertz CT molecular complexity index is 2330. The van der Waals surface area contributed by atoms with Gasteiger partial charge in [0.2, 0.25) is 0 Å². The van der Waals surface area contributed by atoms with Crippen LogP contribution in [0.3, 0.4) is 0 Å². The number of hydrogen-bond acceptors (Lipinski definition) is 7. The van der Waals surface area contributed by atoms with Crippen molar-refractivity contribution in [3.8, 4) is 11.5 Å². The zero-order valence-corrected chi connectivity index (χ0v) is 34.2. The third kappa shape index (κ3) is 6.31. The molecule has 2 spiro atoms. The molecule has 59 heavy (non-hydrogen) atoms. The quantitative estimate of drug-likeness (QED) is 0.115. The number of alkyl halides is 3. The number of ether oxygens (including phenoxy) is 2. The Morgan fingerprint density at radius 3 is 2.29 bits per heavy atom. The molecule has 8 atom stereocenters. The van der Waals surface area contributed by atoms with E-state index < -0.39 is 40.3 Å². The van der Waals surface area contributed by atoms with E-state index in [-0.39, 0.29) is 41.9 Å². The summed E-state index contributed by atoms with van der Waals surface area (Å²) in [5.74, 6) is 0.193. The van der Waals surface area contributed by atoms with E-state index in [2.05, 4.69) is 42.1 Å². The number of rotatable bonds is 9. The lowest BCUT2D eigenvalue weighted by Crippen LogP contribution is -2.67. The second kappa shape index (κ2) is 14.0. The first-order chi connectivity index (χ1) is 28.0. The molecule has 12 heteroatoms. The number of amides is 2. The minimum absolute atomic E-state index is 0.000161. The number of hydrogen-bond donors (Lipinski definition) is 3. The van der Waals surface area contributed by atoms with E-state index in [1.807, 2.05) is 30.3 Å². The number of urea groups is 1. The molecule has 6 aliphatic carbocycles. The Labute approximate surface area is 345 Å². The van der Waals surface area contributed by atoms with Crippen LogP contribution in [-0.2, 0) is 6.54 Å². The Kier molecular flexibility index (Phi) is 9.41. The molecule has 4 aromatic rings. The number of anilines is 1. The third-order valence-electron chi connectivity index (χ3n) is 15.2. The van der Waals surface area contributed by atoms with Crippen LogP contribution in [0.2, 0.25) is 0 Å². The zero-order valence-electron chi connectivity index (χ0n) is 33.4. The summed E-state index contributed by atoms with van der Waals surface area (Å²) in [7, 11) is 1.55. The molecule has 310 valence electrons. The van der Waals surface area contributed by atoms with Gasteiger partial charge in [-0.1, -0.05) is 62.4 Å². The van der Waals surface area contributed by atoms with E-state index in [1.165, 1.54) is 40.5 Å². The number of halogens is 3. The van der Waals surface area contributed by atoms with Crippen molar-refractivity contribution in [3.05, 3.63) is 113 Å². The van der Waals surface area contributed by atoms with Gasteiger partial charge >= 0.3 is 12.4 Å². The molecule has 10 rings (SSSR count). The first-order valence-corrected chi connectivity index (χ1v) is 21.3. The van der Waals surface area contributed by atoms with E-state index in [4.69, 9.17) is 4.74 Å². The molecular formula is C47H49F3N2O6S. The molecule has 3 aromatic carbocycles. The molecule has 0 saturated heterocycles. The van der Waals surface area contributed by atoms with Gasteiger partial charge < -0.3 is 29.9 Å². The number of carbonyl (C=O) groups is 2. The predicted molar refractivity (Wildman–Crippen MR) is 220 cm³/mol. The molecule has 6 aliphatic rings. The lowest BCUT2D eigenvalue weighted by atomic mass is 9.32. The SMILES string of the molecule is COc1ccc(NC(=O)N(Cc2ccc(OC(F)(F)F)cc2)C[C@]2(O)CC[C@H]3[C@]45C=C[C@@]6(C=C4C(=O)c4cc7ccccc7s4)CC(O)CC[C@]6(C)[C@H]5CC[C@@]32C)cc1. The molecule has 1 unspecified atom stereocenters. The molecule has 2 bridgehead atoms. The first kappa shape index (κ1) is 39.8. The van der Waals surface area contributed by atoms with Crippen molar-refractivity contribution >= 4 is 38.9 Å². The first-order valence-electron chi connectivity index (χ1n) is 20.4. The number of methoxy groups -OCH3 is 1. The number of aliphatic hydroxyl groups is 2. The van der Waals surface area contributed by atoms with Gasteiger partial charge in [-0.25, -0.2) is 4.79 Å². The van der Waals surface area contributed by atoms with Crippen LogP contribution in [0.1, 0.15) is 74.0 Å². The van der Waals surface area contributed by atoms with Crippen LogP contribution in [0, 0.1) is 33.5 Å². The molecule has 1 aromatic heterocycles. The molecule has 3 N–H and O–H groups in total. The lowest BCUT2D eigenvalue weighted by molar-refractivity contribution is -0.274. The second-order valence-corrected chi connectivity index (χ2v) is 19.1. The van der Waals surface area contributed by atoms with Crippen molar-refractivity contribution in [2.75, 3.05) is 19.0 Å². The van der Waals surface area contributed by atoms with E-state index in [0.29, 0.717) is 54.0 Å². The average Bonchev–Trinajstić information content (AvgIpc) is 3.76. The standard InChI is InChI=1S/C47H49F3N2O6S/c1-42-19-16-32(53)25-44(42)22-23-46(35(26-44)40(54)37-24-30-6-4-5-7-36(30)59-37)38(42)17-20-43(2)39(46)18-21-45(43,56)28-52(41(55)51-31-10-14-33(57-3)15-11-31)27-29-8-12-34(13-9-29)58-47(48,49)50/h4-15,22-24,26,32,38-39,53,56H,16-21,25,27-28H2,1-3H3,(H,51,55)/t32?,38-,39-,42-,43+,44+,45-,46-/m1/s1. The fourth-order valence-corrected chi connectivity index (χ4v) is 13.3. The summed E-state index contributed by atoms with van der Waals surface area (Å²) in [5.41, 5.74) is -1.67. The normalized spacial score (nSPS) is 33.1. The van der Waals surface area contributed by atoms with Gasteiger partial charge in [0.15, 0.2) is 5.78 Å². The number of nitrogens with zero attached hydrogens (tertiary/aromatic N) is 1. The highest BCUT2D eigenvalue weighted by Crippen LogP contribution is 2.78. The van der Waals surface area contributed by atoms with Crippen LogP contribution in [0.25, 0.3) is 10.1 Å². The van der Waals surface area contributed by atoms with Crippen molar-refractivity contribution in [3.63, 3.8) is 0 Å². The van der Waals surface area contributed by atoms with Crippen LogP contribution >= 0.6 is 11.3 Å². The largest absolute Gasteiger partial charge is 0.573 e. The number of Topliss-reactive ketones (excluding diaryl/α,β-unsaturated/α-hetero) is 1. The van der Waals surface area contributed by atoms with Crippen molar-refractivity contribution in [1.29, 1.82) is 0 Å². The summed E-state index contributed by atoms with van der Waals surface area (Å²) in [5, 5.41) is 28.3. The fourth-order valence-electron chi connectivity index (χ4n) is 12.2. The molecule has 3 fully saturated rings. The summed E-state index contributed by atoms with van der Waals surface area (Å²) < 4.78 is 49.3. The van der Waals surface area contributed by atoms with E-state index in [1.54, 1.807) is 31.4 Å². The lowest BCUT2D eigenvalue weighted by Gasteiger charge is -2.71. The Morgan fingerprint density at radius 1 is 0.898 bits per heavy atom. The molecule has 0 aliphatic heterocycles. The van der Waals surface area contributed by atoms with Gasteiger partial charge in [-0.05, 0) is 122 Å². The van der Waals surface area contributed by atoms with Crippen LogP contribution in [0.5, 0.6) is 11.5 Å². The van der Waals surface area contributed by atoms with Gasteiger partial charge in [-0.15, -0.1) is 24.5 Å². The monoisotopic (exact) mass is 826 g/mol. The second-order valence-electron chi connectivity index (χ2n) is 18.0. The van der Waals surface area contributed by atoms with Gasteiger partial charge in [0.1, 0.15) is 11.5 Å². The number of carbonyl (C=O) groups excluding carboxylic acids is 2. The molecule has 2 amide bonds. The third-order valence-corrected chi connectivity index (χ3v) is 16.3. The number of allylic oxidation sites excluding steroid dienone is 4. The summed E-state index contributed by atoms with van der Waals surface area (Å²) in [6.07, 6.45) is 5.96. The number of fused-ring (bicyclic) bond motifs is 2. The van der Waals surface area contributed by atoms with Gasteiger partial charge in [-0.2, -0.15) is 0 Å². The van der Waals surface area contributed by atoms with Crippen LogP contribution in [-0.4, -0.2) is 58.6 Å². The summed E-state index contributed by atoms with van der Waals surface area (Å²) in [6.45, 7) is 4.42. The van der Waals surface area contributed by atoms with Crippen molar-refractivity contribution < 1.29 is 42.4 Å². The van der Waals surface area contributed by atoms with Crippen molar-refractivity contribution in [1.82, 2.24) is 4.90 Å². The van der Waals surface area contributed by atoms with Crippen LogP contribution in [0.15, 0.2) is 103 Å². The number of ketones is 1. The molecule has 1 heterocycles. The maximum atomic E-state index is 15.1. The number of benzene rings is 3. The van der Waals surface area contributed by atoms with Crippen molar-refractivity contribution in [2.45, 2.75) is 83.4 Å². The van der Waals surface area contributed by atoms with Gasteiger partial charge in [-0.3, -0.25) is 4.79 Å². The zero-order chi connectivity index (χ0) is 41.6. The smallest absolute Gasteiger partial charge is 0.497 e. The Hall–Kier alpha value is -4.65. The number of thiophene rings is 1. The summed E-state index contributed by atoms with van der Waals surface area (Å²) in [6, 6.07) is 21.8. The highest BCUT2D eigenvalue weighted by molar-refractivity contribution is 7.21. The molecular weight excluding hydrogens is 778 g/mol. The van der Waals surface area contributed by atoms with Crippen molar-refractivity contribution in [2.24, 2.45) is 33.5 Å². The van der Waals surface area contributed by atoms with E-state index >= 15 is 4.79 Å². The summed E-state index contributed by atoms with van der Waals surface area (Å²) in [4.78, 5) is 31.6. The molecule has 3 saturated carbocycles. The number of nitrogens with one attached hydrogen (secondary N) is 1. The maximum absolute atomic E-state index is 15.1. The van der Waals surface area contributed by atoms with Crippen LogP contribution < -0.4 is 14.8 Å². The highest BCUT2D eigenvalue weighted by Gasteiger charge is 2.74. The average molecular weight is 827 g/mol. The highest BCUT2D eigenvalue weighted by atomic mass is 32.1. The molecule has 0 radical (unpaired) electrons. The number of aliphatic hydroxyl groups excluding tert-OH is 1. The summed E-state index contributed by atoms with van der Waals surface area (Å²) >= 11 is 1.50.